The number of hydrogen-bond acceptors (Lipinski definition) is 4. The van der Waals surface area contributed by atoms with Crippen molar-refractivity contribution in [1.82, 2.24) is 0 Å². The highest BCUT2D eigenvalue weighted by Gasteiger charge is 2.16. The monoisotopic (exact) mass is 268 g/mol. The van der Waals surface area contributed by atoms with Crippen LogP contribution in [0.3, 0.4) is 0 Å². The predicted octanol–water partition coefficient (Wildman–Crippen LogP) is 3.82. The number of hydrogen-bond donors (Lipinski definition) is 0. The number of ether oxygens (including phenoxy) is 1. The summed E-state index contributed by atoms with van der Waals surface area (Å²) in [5.41, 5.74) is 1.23. The van der Waals surface area contributed by atoms with Crippen LogP contribution in [0.4, 0.5) is 5.69 Å². The summed E-state index contributed by atoms with van der Waals surface area (Å²) in [6.45, 7) is 1.93. The summed E-state index contributed by atoms with van der Waals surface area (Å²) in [4.78, 5) is 10.6. The molecule has 0 bridgehead atoms. The molecule has 5 nitrogen and oxygen atoms in total. The summed E-state index contributed by atoms with van der Waals surface area (Å²) in [5.74, 6) is 0.568. The van der Waals surface area contributed by atoms with Crippen molar-refractivity contribution in [2.45, 2.75) is 13.3 Å². The summed E-state index contributed by atoms with van der Waals surface area (Å²) in [7, 11) is 0. The number of rotatable bonds is 4. The minimum absolute atomic E-state index is 0.0771. The van der Waals surface area contributed by atoms with Crippen molar-refractivity contribution < 1.29 is 9.66 Å². The Kier molecular flexibility index (Phi) is 3.96. The Hall–Kier alpha value is -2.87. The van der Waals surface area contributed by atoms with E-state index in [0.717, 1.165) is 5.56 Å². The van der Waals surface area contributed by atoms with E-state index in [1.54, 1.807) is 30.3 Å². The average molecular weight is 268 g/mol. The van der Waals surface area contributed by atoms with Crippen LogP contribution < -0.4 is 4.74 Å². The highest BCUT2D eigenvalue weighted by molar-refractivity contribution is 5.51. The minimum atomic E-state index is -0.470. The van der Waals surface area contributed by atoms with E-state index >= 15 is 0 Å². The first-order valence-corrected chi connectivity index (χ1v) is 6.09. The third-order valence-corrected chi connectivity index (χ3v) is 2.82. The van der Waals surface area contributed by atoms with E-state index in [9.17, 15) is 10.1 Å². The van der Waals surface area contributed by atoms with Crippen molar-refractivity contribution in [2.75, 3.05) is 0 Å². The lowest BCUT2D eigenvalue weighted by Crippen LogP contribution is -1.95. The van der Waals surface area contributed by atoms with Crippen LogP contribution in [0.15, 0.2) is 42.5 Å². The molecule has 0 unspecified atom stereocenters. The molecule has 0 aliphatic rings. The number of nitro groups is 1. The maximum atomic E-state index is 11.1. The molecule has 0 radical (unpaired) electrons. The fourth-order valence-electron chi connectivity index (χ4n) is 1.77. The number of nitriles is 1. The van der Waals surface area contributed by atoms with Gasteiger partial charge in [0.05, 0.1) is 16.6 Å². The van der Waals surface area contributed by atoms with Gasteiger partial charge in [-0.1, -0.05) is 19.1 Å². The Bertz CT molecular complexity index is 690. The highest BCUT2D eigenvalue weighted by Crippen LogP contribution is 2.32. The van der Waals surface area contributed by atoms with Crippen LogP contribution >= 0.6 is 0 Å². The fourth-order valence-corrected chi connectivity index (χ4v) is 1.77. The molecule has 0 aliphatic carbocycles. The van der Waals surface area contributed by atoms with E-state index in [1.807, 2.05) is 13.0 Å². The molecule has 0 spiro atoms. The lowest BCUT2D eigenvalue weighted by Gasteiger charge is -2.07. The van der Waals surface area contributed by atoms with Crippen molar-refractivity contribution >= 4 is 5.69 Å². The van der Waals surface area contributed by atoms with E-state index in [0.29, 0.717) is 17.7 Å². The zero-order chi connectivity index (χ0) is 14.5. The summed E-state index contributed by atoms with van der Waals surface area (Å²) in [5, 5.41) is 19.9. The summed E-state index contributed by atoms with van der Waals surface area (Å²) in [6, 6.07) is 13.4. The van der Waals surface area contributed by atoms with Crippen LogP contribution in [-0.2, 0) is 6.42 Å². The van der Waals surface area contributed by atoms with E-state index in [2.05, 4.69) is 0 Å². The second-order valence-corrected chi connectivity index (χ2v) is 4.15. The molecule has 20 heavy (non-hydrogen) atoms. The first-order chi connectivity index (χ1) is 9.63. The van der Waals surface area contributed by atoms with Crippen LogP contribution in [-0.4, -0.2) is 4.92 Å². The van der Waals surface area contributed by atoms with Crippen molar-refractivity contribution in [1.29, 1.82) is 5.26 Å². The maximum absolute atomic E-state index is 11.1. The van der Waals surface area contributed by atoms with E-state index in [-0.39, 0.29) is 11.4 Å². The topological polar surface area (TPSA) is 76.2 Å². The molecule has 0 aromatic heterocycles. The van der Waals surface area contributed by atoms with E-state index in [1.165, 1.54) is 12.1 Å². The molecule has 0 atom stereocenters. The van der Waals surface area contributed by atoms with Gasteiger partial charge in [-0.05, 0) is 36.2 Å². The first kappa shape index (κ1) is 13.6. The Balaban J connectivity index is 2.37. The Morgan fingerprint density at radius 1 is 1.30 bits per heavy atom. The Morgan fingerprint density at radius 2 is 2.10 bits per heavy atom. The van der Waals surface area contributed by atoms with Crippen LogP contribution in [0.1, 0.15) is 18.1 Å². The van der Waals surface area contributed by atoms with E-state index in [4.69, 9.17) is 10.00 Å². The summed E-state index contributed by atoms with van der Waals surface area (Å²) < 4.78 is 5.52. The van der Waals surface area contributed by atoms with Crippen molar-refractivity contribution in [3.05, 3.63) is 63.7 Å². The fraction of sp³-hybridized carbons (Fsp3) is 0.133. The van der Waals surface area contributed by atoms with Gasteiger partial charge in [0.15, 0.2) is 0 Å². The molecule has 2 aromatic rings. The predicted molar refractivity (Wildman–Crippen MR) is 73.7 cm³/mol. The van der Waals surface area contributed by atoms with Gasteiger partial charge in [-0.25, -0.2) is 0 Å². The molecule has 0 N–H and O–H groups in total. The van der Waals surface area contributed by atoms with Gasteiger partial charge in [0.1, 0.15) is 5.75 Å². The third kappa shape index (κ3) is 2.93. The van der Waals surface area contributed by atoms with Crippen LogP contribution in [0.25, 0.3) is 0 Å². The molecule has 0 fully saturated rings. The molecule has 2 rings (SSSR count). The minimum Gasteiger partial charge on any atom is -0.450 e. The number of benzene rings is 2. The highest BCUT2D eigenvalue weighted by atomic mass is 16.6. The van der Waals surface area contributed by atoms with Gasteiger partial charge < -0.3 is 4.74 Å². The second-order valence-electron chi connectivity index (χ2n) is 4.15. The molecule has 0 heterocycles. The molecular formula is C15H12N2O3. The molecular weight excluding hydrogens is 256 g/mol. The molecule has 0 amide bonds. The second kappa shape index (κ2) is 5.85. The van der Waals surface area contributed by atoms with E-state index < -0.39 is 4.92 Å². The van der Waals surface area contributed by atoms with Gasteiger partial charge in [-0.3, -0.25) is 10.1 Å². The van der Waals surface area contributed by atoms with Gasteiger partial charge >= 0.3 is 5.69 Å². The van der Waals surface area contributed by atoms with Gasteiger partial charge in [0.25, 0.3) is 0 Å². The van der Waals surface area contributed by atoms with Gasteiger partial charge in [0, 0.05) is 6.07 Å². The zero-order valence-corrected chi connectivity index (χ0v) is 10.9. The lowest BCUT2D eigenvalue weighted by molar-refractivity contribution is -0.385. The number of aryl methyl sites for hydroxylation is 1. The van der Waals surface area contributed by atoms with Gasteiger partial charge in [0.2, 0.25) is 5.75 Å². The molecule has 0 saturated carbocycles. The Morgan fingerprint density at radius 3 is 2.75 bits per heavy atom. The van der Waals surface area contributed by atoms with Gasteiger partial charge in [-0.2, -0.15) is 5.26 Å². The SMILES string of the molecule is CCc1ccc(Oc2cccc(C#N)c2)c([N+](=O)[O-])c1. The van der Waals surface area contributed by atoms with Crippen LogP contribution in [0.2, 0.25) is 0 Å². The molecule has 0 saturated heterocycles. The van der Waals surface area contributed by atoms with Crippen molar-refractivity contribution in [2.24, 2.45) is 0 Å². The maximum Gasteiger partial charge on any atom is 0.311 e. The van der Waals surface area contributed by atoms with Gasteiger partial charge in [-0.15, -0.1) is 0 Å². The summed E-state index contributed by atoms with van der Waals surface area (Å²) in [6.07, 6.45) is 0.713. The van der Waals surface area contributed by atoms with Crippen LogP contribution in [0, 0.1) is 21.4 Å². The quantitative estimate of drug-likeness (QED) is 0.623. The number of nitro benzene ring substituents is 1. The van der Waals surface area contributed by atoms with Crippen LogP contribution in [0.5, 0.6) is 11.5 Å². The molecule has 100 valence electrons. The van der Waals surface area contributed by atoms with Crippen molar-refractivity contribution in [3.63, 3.8) is 0 Å². The smallest absolute Gasteiger partial charge is 0.311 e. The summed E-state index contributed by atoms with van der Waals surface area (Å²) >= 11 is 0. The molecule has 2 aromatic carbocycles. The molecule has 5 heteroatoms. The average Bonchev–Trinajstić information content (AvgIpc) is 2.47. The molecule has 0 aliphatic heterocycles. The lowest BCUT2D eigenvalue weighted by atomic mass is 10.1. The van der Waals surface area contributed by atoms with Crippen molar-refractivity contribution in [3.8, 4) is 17.6 Å². The normalized spacial score (nSPS) is 9.80. The third-order valence-electron chi connectivity index (χ3n) is 2.82. The largest absolute Gasteiger partial charge is 0.450 e. The first-order valence-electron chi connectivity index (χ1n) is 6.09. The Labute approximate surface area is 116 Å². The standard InChI is InChI=1S/C15H12N2O3/c1-2-11-6-7-15(14(9-11)17(18)19)20-13-5-3-4-12(8-13)10-16/h3-9H,2H2,1H3. The zero-order valence-electron chi connectivity index (χ0n) is 10.9. The number of nitrogens with zero attached hydrogens (tertiary/aromatic N) is 2.